The highest BCUT2D eigenvalue weighted by Crippen LogP contribution is 2.20. The van der Waals surface area contributed by atoms with Gasteiger partial charge in [0.1, 0.15) is 5.82 Å². The third kappa shape index (κ3) is 4.27. The van der Waals surface area contributed by atoms with E-state index >= 15 is 0 Å². The minimum absolute atomic E-state index is 0.0711. The fraction of sp³-hybridized carbons (Fsp3) is 0.263. The van der Waals surface area contributed by atoms with Crippen LogP contribution in [0.1, 0.15) is 21.5 Å². The van der Waals surface area contributed by atoms with Gasteiger partial charge in [-0.1, -0.05) is 18.2 Å². The number of carbonyl (C=O) groups is 1. The highest BCUT2D eigenvalue weighted by atomic mass is 32.2. The second kappa shape index (κ2) is 8.59. The van der Waals surface area contributed by atoms with Crippen molar-refractivity contribution in [2.75, 3.05) is 13.7 Å². The molecule has 7 nitrogen and oxygen atoms in total. The van der Waals surface area contributed by atoms with Crippen LogP contribution in [0.2, 0.25) is 0 Å². The van der Waals surface area contributed by atoms with Gasteiger partial charge in [0.25, 0.3) is 0 Å². The van der Waals surface area contributed by atoms with Crippen LogP contribution >= 0.6 is 0 Å². The third-order valence-electron chi connectivity index (χ3n) is 4.54. The number of methoxy groups -OCH3 is 1. The predicted molar refractivity (Wildman–Crippen MR) is 101 cm³/mol. The van der Waals surface area contributed by atoms with Gasteiger partial charge in [0.05, 0.1) is 24.4 Å². The molecule has 3 aromatic rings. The minimum Gasteiger partial charge on any atom is -0.760 e. The maximum absolute atomic E-state index is 14.3. The lowest BCUT2D eigenvalue weighted by molar-refractivity contribution is 0.0600. The molecule has 0 saturated carbocycles. The van der Waals surface area contributed by atoms with Gasteiger partial charge in [-0.25, -0.2) is 13.5 Å². The maximum Gasteiger partial charge on any atom is 0.337 e. The molecule has 0 fully saturated rings. The van der Waals surface area contributed by atoms with Crippen LogP contribution in [0.5, 0.6) is 0 Å². The lowest BCUT2D eigenvalue weighted by Gasteiger charge is -2.24. The van der Waals surface area contributed by atoms with Crippen LogP contribution in [0, 0.1) is 5.82 Å². The van der Waals surface area contributed by atoms with Crippen LogP contribution in [-0.2, 0) is 36.0 Å². The van der Waals surface area contributed by atoms with Crippen molar-refractivity contribution < 1.29 is 22.7 Å². The molecule has 148 valence electrons. The topological polar surface area (TPSA) is 87.5 Å². The Labute approximate surface area is 164 Å². The molecule has 1 heterocycles. The first kappa shape index (κ1) is 20.1. The van der Waals surface area contributed by atoms with Crippen LogP contribution in [0.4, 0.5) is 4.39 Å². The number of hydrogen-bond donors (Lipinski definition) is 0. The van der Waals surface area contributed by atoms with Crippen LogP contribution in [0.3, 0.4) is 0 Å². The average Bonchev–Trinajstić information content (AvgIpc) is 3.07. The summed E-state index contributed by atoms with van der Waals surface area (Å²) in [6.45, 7) is 0.0503. The van der Waals surface area contributed by atoms with E-state index in [-0.39, 0.29) is 24.2 Å². The van der Waals surface area contributed by atoms with Gasteiger partial charge in [-0.3, -0.25) is 8.89 Å². The molecule has 0 N–H and O–H groups in total. The van der Waals surface area contributed by atoms with Gasteiger partial charge in [-0.05, 0) is 30.2 Å². The summed E-state index contributed by atoms with van der Waals surface area (Å²) in [5.74, 6) is -1.31. The molecule has 0 spiro atoms. The van der Waals surface area contributed by atoms with E-state index < -0.39 is 23.1 Å². The van der Waals surface area contributed by atoms with E-state index in [1.54, 1.807) is 10.9 Å². The first-order chi connectivity index (χ1) is 13.4. The van der Waals surface area contributed by atoms with E-state index in [2.05, 4.69) is 9.84 Å². The zero-order chi connectivity index (χ0) is 20.3. The Bertz CT molecular complexity index is 1040. The van der Waals surface area contributed by atoms with Gasteiger partial charge >= 0.3 is 5.97 Å². The number of aryl methyl sites for hydroxylation is 1. The average molecular weight is 404 g/mol. The highest BCUT2D eigenvalue weighted by molar-refractivity contribution is 7.76. The SMILES string of the molecule is COC(=O)c1ccc(CN(CCc2cccc3c2cnn3C)S(=O)[O-])c(F)c1. The van der Waals surface area contributed by atoms with Gasteiger partial charge < -0.3 is 9.29 Å². The third-order valence-corrected chi connectivity index (χ3v) is 5.28. The molecule has 3 rings (SSSR count). The Morgan fingerprint density at radius 1 is 1.32 bits per heavy atom. The fourth-order valence-electron chi connectivity index (χ4n) is 3.02. The highest BCUT2D eigenvalue weighted by Gasteiger charge is 2.14. The Hall–Kier alpha value is -2.62. The number of aromatic nitrogens is 2. The number of hydrogen-bond acceptors (Lipinski definition) is 5. The largest absolute Gasteiger partial charge is 0.760 e. The molecule has 1 atom stereocenters. The summed E-state index contributed by atoms with van der Waals surface area (Å²) in [6.07, 6.45) is 2.20. The van der Waals surface area contributed by atoms with Crippen molar-refractivity contribution in [2.24, 2.45) is 7.05 Å². The Morgan fingerprint density at radius 2 is 2.11 bits per heavy atom. The lowest BCUT2D eigenvalue weighted by atomic mass is 10.1. The summed E-state index contributed by atoms with van der Waals surface area (Å²) in [4.78, 5) is 11.5. The minimum atomic E-state index is -2.53. The summed E-state index contributed by atoms with van der Waals surface area (Å²) in [5.41, 5.74) is 2.16. The van der Waals surface area contributed by atoms with E-state index in [4.69, 9.17) is 0 Å². The Morgan fingerprint density at radius 3 is 2.79 bits per heavy atom. The molecule has 0 aliphatic rings. The second-order valence-corrected chi connectivity index (χ2v) is 7.20. The number of carbonyl (C=O) groups excluding carboxylic acids is 1. The molecule has 0 saturated heterocycles. The Balaban J connectivity index is 1.75. The summed E-state index contributed by atoms with van der Waals surface area (Å²) in [5, 5.41) is 5.18. The maximum atomic E-state index is 14.3. The molecule has 28 heavy (non-hydrogen) atoms. The van der Waals surface area contributed by atoms with Gasteiger partial charge in [-0.2, -0.15) is 5.10 Å². The number of rotatable bonds is 7. The van der Waals surface area contributed by atoms with Crippen molar-refractivity contribution in [3.05, 3.63) is 65.1 Å². The fourth-order valence-corrected chi connectivity index (χ4v) is 3.50. The Kier molecular flexibility index (Phi) is 6.18. The van der Waals surface area contributed by atoms with Crippen molar-refractivity contribution in [1.82, 2.24) is 14.1 Å². The molecular formula is C19H19FN3O4S-. The van der Waals surface area contributed by atoms with Crippen LogP contribution in [0.25, 0.3) is 10.9 Å². The van der Waals surface area contributed by atoms with E-state index in [9.17, 15) is 17.9 Å². The molecule has 0 aliphatic heterocycles. The zero-order valence-corrected chi connectivity index (χ0v) is 16.2. The molecule has 9 heteroatoms. The van der Waals surface area contributed by atoms with Crippen molar-refractivity contribution in [3.63, 3.8) is 0 Å². The quantitative estimate of drug-likeness (QED) is 0.446. The number of nitrogens with zero attached hydrogens (tertiary/aromatic N) is 3. The standard InChI is InChI=1S/C19H20FN3O4S/c1-22-18-5-3-4-13(16(18)11-21-22)8-9-23(28(25)26)12-15-7-6-14(10-17(15)20)19(24)27-2/h3-7,10-11H,8-9,12H2,1-2H3,(H,25,26)/p-1. The van der Waals surface area contributed by atoms with Crippen molar-refractivity contribution in [3.8, 4) is 0 Å². The normalized spacial score (nSPS) is 12.5. The zero-order valence-electron chi connectivity index (χ0n) is 15.4. The monoisotopic (exact) mass is 404 g/mol. The van der Waals surface area contributed by atoms with E-state index in [1.165, 1.54) is 19.2 Å². The van der Waals surface area contributed by atoms with Crippen molar-refractivity contribution in [2.45, 2.75) is 13.0 Å². The van der Waals surface area contributed by atoms with Crippen molar-refractivity contribution >= 4 is 28.1 Å². The van der Waals surface area contributed by atoms with Crippen LogP contribution < -0.4 is 0 Å². The number of ether oxygens (including phenoxy) is 1. The molecule has 1 aromatic heterocycles. The second-order valence-electron chi connectivity index (χ2n) is 6.25. The molecular weight excluding hydrogens is 385 g/mol. The number of esters is 1. The molecule has 2 aromatic carbocycles. The first-order valence-electron chi connectivity index (χ1n) is 8.51. The molecule has 0 aliphatic carbocycles. The van der Waals surface area contributed by atoms with Gasteiger partial charge in [0, 0.05) is 42.4 Å². The predicted octanol–water partition coefficient (Wildman–Crippen LogP) is 2.34. The van der Waals surface area contributed by atoms with E-state index in [1.807, 2.05) is 25.2 Å². The molecule has 0 amide bonds. The van der Waals surface area contributed by atoms with Gasteiger partial charge in [-0.15, -0.1) is 0 Å². The number of fused-ring (bicyclic) bond motifs is 1. The molecule has 0 bridgehead atoms. The summed E-state index contributed by atoms with van der Waals surface area (Å²) < 4.78 is 45.0. The number of halogens is 1. The van der Waals surface area contributed by atoms with E-state index in [0.29, 0.717) is 6.42 Å². The first-order valence-corrected chi connectivity index (χ1v) is 9.54. The summed E-state index contributed by atoms with van der Waals surface area (Å²) in [7, 11) is 3.05. The molecule has 1 unspecified atom stereocenters. The van der Waals surface area contributed by atoms with Crippen molar-refractivity contribution in [1.29, 1.82) is 0 Å². The number of benzene rings is 2. The van der Waals surface area contributed by atoms with E-state index in [0.717, 1.165) is 26.8 Å². The van der Waals surface area contributed by atoms with Crippen LogP contribution in [-0.4, -0.2) is 42.5 Å². The van der Waals surface area contributed by atoms with Gasteiger partial charge in [0.15, 0.2) is 0 Å². The van der Waals surface area contributed by atoms with Crippen LogP contribution in [0.15, 0.2) is 42.6 Å². The molecule has 0 radical (unpaired) electrons. The lowest BCUT2D eigenvalue weighted by Crippen LogP contribution is -2.28. The summed E-state index contributed by atoms with van der Waals surface area (Å²) >= 11 is -2.53. The van der Waals surface area contributed by atoms with Gasteiger partial charge in [0.2, 0.25) is 0 Å². The smallest absolute Gasteiger partial charge is 0.337 e. The summed E-state index contributed by atoms with van der Waals surface area (Å²) in [6, 6.07) is 9.59.